The molecule has 0 spiro atoms. The van der Waals surface area contributed by atoms with Gasteiger partial charge < -0.3 is 33.6 Å². The standard InChI is InChI=1S/C21H23FN6O2.2CH3.Os/c1-4-27(5-2)21(30)28(18-8-6-7-15-12-24-26(3)19(15)18)13-16-10-9-14(11-17(16)22)20(29)25-23;;;/h6-12H,1-2,4-5,13,23H2,3H3,(H,25,29);2*1H3;/q-2;2*-1;+4. The van der Waals surface area contributed by atoms with Gasteiger partial charge in [0.2, 0.25) is 0 Å². The Labute approximate surface area is 207 Å². The second-order valence-electron chi connectivity index (χ2n) is 6.62. The number of halogens is 1. The smallest absolute Gasteiger partial charge is 0.384 e. The van der Waals surface area contributed by atoms with E-state index in [0.29, 0.717) is 5.69 Å². The minimum atomic E-state index is -0.623. The monoisotopic (exact) mass is 632 g/mol. The average Bonchev–Trinajstić information content (AvgIpc) is 3.14. The quantitative estimate of drug-likeness (QED) is 0.189. The number of rotatable bonds is 6. The second kappa shape index (κ2) is 13.0. The molecule has 3 N–H and O–H groups in total. The van der Waals surface area contributed by atoms with E-state index >= 15 is 0 Å². The SMILES string of the molecule is [CH2-]CN(C[CH2-])C(=O)N(Cc1ccc(C(=O)NN)cc1F)c1cccc2cnn(C)c12.[CH3-].[CH3-].[Os+4]. The number of urea groups is 1. The number of aromatic nitrogens is 2. The molecule has 0 saturated carbocycles. The Morgan fingerprint density at radius 2 is 1.85 bits per heavy atom. The molecule has 1 aromatic heterocycles. The van der Waals surface area contributed by atoms with Gasteiger partial charge in [-0.3, -0.25) is 19.8 Å². The molecular formula is C23H29FN6O2Os. The fourth-order valence-electron chi connectivity index (χ4n) is 3.23. The van der Waals surface area contributed by atoms with Crippen molar-refractivity contribution < 1.29 is 33.8 Å². The second-order valence-corrected chi connectivity index (χ2v) is 6.62. The maximum absolute atomic E-state index is 14.8. The zero-order valence-corrected chi connectivity index (χ0v) is 21.5. The van der Waals surface area contributed by atoms with E-state index in [9.17, 15) is 14.0 Å². The molecule has 0 bridgehead atoms. The van der Waals surface area contributed by atoms with Crippen molar-refractivity contribution in [2.75, 3.05) is 18.0 Å². The predicted octanol–water partition coefficient (Wildman–Crippen LogP) is 3.31. The number of hydrogen-bond acceptors (Lipinski definition) is 4. The Bertz CT molecular complexity index is 1080. The van der Waals surface area contributed by atoms with Crippen LogP contribution in [0.2, 0.25) is 0 Å². The van der Waals surface area contributed by atoms with Gasteiger partial charge in [-0.05, 0) is 18.2 Å². The minimum Gasteiger partial charge on any atom is -0.384 e. The average molecular weight is 631 g/mol. The first-order valence-corrected chi connectivity index (χ1v) is 9.26. The summed E-state index contributed by atoms with van der Waals surface area (Å²) in [5.74, 6) is 3.88. The van der Waals surface area contributed by atoms with Crippen LogP contribution in [0.3, 0.4) is 0 Å². The van der Waals surface area contributed by atoms with Gasteiger partial charge in [0.05, 0.1) is 23.9 Å². The molecule has 3 rings (SSSR count). The number of nitrogens with one attached hydrogen (secondary N) is 1. The number of nitrogen functional groups attached to an aromatic ring is 1. The number of nitrogens with two attached hydrogens (primary N) is 1. The Morgan fingerprint density at radius 3 is 2.42 bits per heavy atom. The van der Waals surface area contributed by atoms with Crippen LogP contribution in [0.25, 0.3) is 10.9 Å². The van der Waals surface area contributed by atoms with E-state index in [1.807, 2.05) is 17.6 Å². The summed E-state index contributed by atoms with van der Waals surface area (Å²) in [7, 11) is 1.77. The summed E-state index contributed by atoms with van der Waals surface area (Å²) in [6, 6.07) is 9.11. The predicted molar refractivity (Wildman–Crippen MR) is 125 cm³/mol. The molecular weight excluding hydrogens is 602 g/mol. The summed E-state index contributed by atoms with van der Waals surface area (Å²) in [4.78, 5) is 27.8. The third kappa shape index (κ3) is 6.15. The summed E-state index contributed by atoms with van der Waals surface area (Å²) in [5.41, 5.74) is 3.60. The van der Waals surface area contributed by atoms with Crippen molar-refractivity contribution in [3.05, 3.63) is 88.2 Å². The topological polar surface area (TPSA) is 96.5 Å². The Balaban J connectivity index is 0.00000341. The largest absolute Gasteiger partial charge is 4.00 e. The van der Waals surface area contributed by atoms with Crippen molar-refractivity contribution in [3.63, 3.8) is 0 Å². The molecule has 0 fully saturated rings. The maximum atomic E-state index is 14.8. The van der Waals surface area contributed by atoms with E-state index < -0.39 is 11.7 Å². The molecule has 3 amide bonds. The summed E-state index contributed by atoms with van der Waals surface area (Å²) in [6.07, 6.45) is 1.70. The van der Waals surface area contributed by atoms with E-state index in [-0.39, 0.29) is 71.4 Å². The number of para-hydroxylation sites is 1. The van der Waals surface area contributed by atoms with Gasteiger partial charge in [0.15, 0.2) is 0 Å². The number of hydrazine groups is 1. The maximum Gasteiger partial charge on any atom is 4.00 e. The fraction of sp³-hybridized carbons (Fsp3) is 0.174. The third-order valence-corrected chi connectivity index (χ3v) is 4.85. The Morgan fingerprint density at radius 1 is 1.18 bits per heavy atom. The first-order valence-electron chi connectivity index (χ1n) is 9.26. The number of benzene rings is 2. The molecule has 0 aliphatic rings. The molecule has 10 heteroatoms. The van der Waals surface area contributed by atoms with E-state index in [1.165, 1.54) is 21.9 Å². The number of amides is 3. The number of carbonyl (C=O) groups excluding carboxylic acids is 2. The van der Waals surface area contributed by atoms with Crippen LogP contribution < -0.4 is 16.2 Å². The Kier molecular flexibility index (Phi) is 11.9. The van der Waals surface area contributed by atoms with Crippen molar-refractivity contribution >= 4 is 28.5 Å². The Hall–Kier alpha value is -2.82. The number of anilines is 1. The first kappa shape index (κ1) is 30.2. The van der Waals surface area contributed by atoms with Gasteiger partial charge in [0, 0.05) is 23.6 Å². The molecule has 178 valence electrons. The van der Waals surface area contributed by atoms with E-state index in [1.54, 1.807) is 24.0 Å². The summed E-state index contributed by atoms with van der Waals surface area (Å²) < 4.78 is 16.4. The van der Waals surface area contributed by atoms with E-state index in [0.717, 1.165) is 17.0 Å². The van der Waals surface area contributed by atoms with Gasteiger partial charge in [0.25, 0.3) is 5.91 Å². The molecule has 33 heavy (non-hydrogen) atoms. The van der Waals surface area contributed by atoms with Crippen LogP contribution in [0.15, 0.2) is 42.6 Å². The third-order valence-electron chi connectivity index (χ3n) is 4.85. The zero-order valence-electron chi connectivity index (χ0n) is 19.0. The summed E-state index contributed by atoms with van der Waals surface area (Å²) in [5, 5.41) is 5.10. The van der Waals surface area contributed by atoms with Crippen LogP contribution in [0, 0.1) is 34.5 Å². The molecule has 0 unspecified atom stereocenters. The number of fused-ring (bicyclic) bond motifs is 1. The van der Waals surface area contributed by atoms with Crippen LogP contribution in [0.5, 0.6) is 0 Å². The van der Waals surface area contributed by atoms with Crippen molar-refractivity contribution in [1.29, 1.82) is 0 Å². The molecule has 0 atom stereocenters. The van der Waals surface area contributed by atoms with Crippen molar-refractivity contribution in [3.8, 4) is 0 Å². The summed E-state index contributed by atoms with van der Waals surface area (Å²) in [6.45, 7) is 7.91. The van der Waals surface area contributed by atoms with Crippen molar-refractivity contribution in [1.82, 2.24) is 20.1 Å². The zero-order chi connectivity index (χ0) is 21.8. The summed E-state index contributed by atoms with van der Waals surface area (Å²) >= 11 is 0. The molecule has 0 aliphatic carbocycles. The van der Waals surface area contributed by atoms with Crippen LogP contribution in [-0.4, -0.2) is 39.7 Å². The number of hydrogen-bond donors (Lipinski definition) is 2. The normalized spacial score (nSPS) is 9.85. The van der Waals surface area contributed by atoms with Crippen molar-refractivity contribution in [2.24, 2.45) is 12.9 Å². The van der Waals surface area contributed by atoms with Gasteiger partial charge in [-0.1, -0.05) is 18.2 Å². The minimum absolute atomic E-state index is 0. The number of aryl methyl sites for hydroxylation is 1. The van der Waals surface area contributed by atoms with Crippen LogP contribution >= 0.6 is 0 Å². The van der Waals surface area contributed by atoms with Gasteiger partial charge in [-0.2, -0.15) is 5.10 Å². The molecule has 3 aromatic rings. The number of nitrogens with zero attached hydrogens (tertiary/aromatic N) is 4. The van der Waals surface area contributed by atoms with Crippen LogP contribution in [0.4, 0.5) is 14.9 Å². The molecule has 1 heterocycles. The van der Waals surface area contributed by atoms with Gasteiger partial charge in [0.1, 0.15) is 5.82 Å². The van der Waals surface area contributed by atoms with Crippen LogP contribution in [0.1, 0.15) is 15.9 Å². The molecule has 8 nitrogen and oxygen atoms in total. The van der Waals surface area contributed by atoms with Crippen LogP contribution in [-0.2, 0) is 33.4 Å². The fourth-order valence-corrected chi connectivity index (χ4v) is 3.23. The first-order chi connectivity index (χ1) is 14.4. The molecule has 0 radical (unpaired) electrons. The molecule has 2 aromatic carbocycles. The van der Waals surface area contributed by atoms with E-state index in [4.69, 9.17) is 5.84 Å². The molecule has 0 aliphatic heterocycles. The molecule has 0 saturated heterocycles. The van der Waals surface area contributed by atoms with Gasteiger partial charge in [-0.15, -0.1) is 13.1 Å². The van der Waals surface area contributed by atoms with E-state index in [2.05, 4.69) is 18.9 Å². The number of carbonyl (C=O) groups is 2. The van der Waals surface area contributed by atoms with Gasteiger partial charge >= 0.3 is 25.8 Å². The van der Waals surface area contributed by atoms with Crippen molar-refractivity contribution in [2.45, 2.75) is 6.54 Å². The van der Waals surface area contributed by atoms with Gasteiger partial charge in [-0.25, -0.2) is 15.0 Å².